The lowest BCUT2D eigenvalue weighted by Crippen LogP contribution is -1.98. The normalized spacial score (nSPS) is 7.33. The van der Waals surface area contributed by atoms with Crippen LogP contribution in [-0.2, 0) is 9.53 Å². The van der Waals surface area contributed by atoms with Crippen LogP contribution in [0.5, 0.6) is 0 Å². The molecule has 0 bridgehead atoms. The summed E-state index contributed by atoms with van der Waals surface area (Å²) in [5, 5.41) is 0. The van der Waals surface area contributed by atoms with Crippen LogP contribution in [0, 0.1) is 12.0 Å². The lowest BCUT2D eigenvalue weighted by molar-refractivity contribution is -0.119. The molecule has 0 N–H and O–H groups in total. The molecular formula is C7H10O2. The molecule has 0 aromatic carbocycles. The zero-order valence-electron chi connectivity index (χ0n) is 5.73. The second-order valence-corrected chi connectivity index (χ2v) is 1.62. The van der Waals surface area contributed by atoms with Crippen molar-refractivity contribution in [2.75, 3.05) is 6.61 Å². The van der Waals surface area contributed by atoms with E-state index in [9.17, 15) is 4.79 Å². The highest BCUT2D eigenvalue weighted by molar-refractivity contribution is 5.76. The van der Waals surface area contributed by atoms with Crippen LogP contribution in [0.25, 0.3) is 0 Å². The van der Waals surface area contributed by atoms with Crippen LogP contribution in [0.15, 0.2) is 0 Å². The summed E-state index contributed by atoms with van der Waals surface area (Å²) < 4.78 is 4.62. The number of hydrogen-bond acceptors (Lipinski definition) is 2. The van der Waals surface area contributed by atoms with Crippen LogP contribution in [0.1, 0.15) is 20.3 Å². The molecule has 2 heteroatoms. The third-order valence-corrected chi connectivity index (χ3v) is 0.597. The van der Waals surface area contributed by atoms with E-state index in [2.05, 4.69) is 16.8 Å². The van der Waals surface area contributed by atoms with Crippen molar-refractivity contribution in [1.29, 1.82) is 0 Å². The Morgan fingerprint density at radius 3 is 2.78 bits per heavy atom. The molecule has 0 aliphatic heterocycles. The number of rotatable bonds is 2. The van der Waals surface area contributed by atoms with Crippen molar-refractivity contribution in [3.8, 4) is 12.0 Å². The monoisotopic (exact) mass is 126 g/mol. The summed E-state index contributed by atoms with van der Waals surface area (Å²) in [6.07, 6.45) is 3.16. The van der Waals surface area contributed by atoms with Gasteiger partial charge in [-0.3, -0.25) is 4.79 Å². The van der Waals surface area contributed by atoms with Gasteiger partial charge in [0, 0.05) is 6.42 Å². The van der Waals surface area contributed by atoms with E-state index in [0.717, 1.165) is 6.42 Å². The number of ketones is 1. The van der Waals surface area contributed by atoms with Crippen LogP contribution in [0.3, 0.4) is 0 Å². The number of carbonyl (C=O) groups excluding carboxylic acids is 1. The maximum absolute atomic E-state index is 10.2. The van der Waals surface area contributed by atoms with E-state index < -0.39 is 0 Å². The third-order valence-electron chi connectivity index (χ3n) is 0.597. The van der Waals surface area contributed by atoms with Gasteiger partial charge < -0.3 is 4.74 Å². The number of Topliss-reactive ketones (excluding diaryl/α,β-unsaturated/α-hetero) is 1. The topological polar surface area (TPSA) is 26.3 Å². The van der Waals surface area contributed by atoms with Crippen molar-refractivity contribution in [3.63, 3.8) is 0 Å². The van der Waals surface area contributed by atoms with Crippen LogP contribution in [-0.4, -0.2) is 12.4 Å². The summed E-state index contributed by atoms with van der Waals surface area (Å²) in [5.41, 5.74) is 0. The molecule has 0 heterocycles. The molecule has 0 aliphatic rings. The van der Waals surface area contributed by atoms with E-state index in [1.807, 2.05) is 6.92 Å². The van der Waals surface area contributed by atoms with E-state index in [4.69, 9.17) is 0 Å². The van der Waals surface area contributed by atoms with Crippen LogP contribution in [0.4, 0.5) is 0 Å². The fraction of sp³-hybridized carbons (Fsp3) is 0.571. The first-order valence-corrected chi connectivity index (χ1v) is 2.86. The van der Waals surface area contributed by atoms with Crippen molar-refractivity contribution in [3.05, 3.63) is 0 Å². The summed E-state index contributed by atoms with van der Waals surface area (Å²) in [4.78, 5) is 10.2. The van der Waals surface area contributed by atoms with E-state index in [1.54, 1.807) is 0 Å². The molecule has 0 saturated heterocycles. The Labute approximate surface area is 55.2 Å². The highest BCUT2D eigenvalue weighted by Gasteiger charge is 1.86. The van der Waals surface area contributed by atoms with E-state index in [1.165, 1.54) is 6.92 Å². The fourth-order valence-corrected chi connectivity index (χ4v) is 0.261. The second-order valence-electron chi connectivity index (χ2n) is 1.62. The smallest absolute Gasteiger partial charge is 0.168 e. The van der Waals surface area contributed by atoms with E-state index >= 15 is 0 Å². The number of hydrogen-bond donors (Lipinski definition) is 0. The van der Waals surface area contributed by atoms with Gasteiger partial charge >= 0.3 is 0 Å². The Balaban J connectivity index is 3.19. The van der Waals surface area contributed by atoms with Gasteiger partial charge in [-0.15, -0.1) is 0 Å². The average molecular weight is 126 g/mol. The minimum absolute atomic E-state index is 0.000373. The summed E-state index contributed by atoms with van der Waals surface area (Å²) >= 11 is 0. The maximum atomic E-state index is 10.2. The largest absolute Gasteiger partial charge is 0.439 e. The molecule has 50 valence electrons. The average Bonchev–Trinajstić information content (AvgIpc) is 1.80. The highest BCUT2D eigenvalue weighted by Crippen LogP contribution is 1.73. The minimum Gasteiger partial charge on any atom is -0.439 e. The molecule has 0 unspecified atom stereocenters. The second kappa shape index (κ2) is 5.17. The van der Waals surface area contributed by atoms with Gasteiger partial charge in [0.1, 0.15) is 6.11 Å². The molecule has 2 nitrogen and oxygen atoms in total. The van der Waals surface area contributed by atoms with Gasteiger partial charge in [-0.25, -0.2) is 0 Å². The Morgan fingerprint density at radius 2 is 2.33 bits per heavy atom. The quantitative estimate of drug-likeness (QED) is 0.515. The molecule has 0 saturated carbocycles. The van der Waals surface area contributed by atoms with Crippen molar-refractivity contribution in [2.24, 2.45) is 0 Å². The first-order valence-electron chi connectivity index (χ1n) is 2.86. The summed E-state index contributed by atoms with van der Waals surface area (Å²) in [6, 6.07) is 0. The van der Waals surface area contributed by atoms with Crippen LogP contribution in [0.2, 0.25) is 0 Å². The van der Waals surface area contributed by atoms with Gasteiger partial charge in [0.2, 0.25) is 0 Å². The Morgan fingerprint density at radius 1 is 1.67 bits per heavy atom. The first-order chi connectivity index (χ1) is 4.27. The minimum atomic E-state index is 0.000373. The van der Waals surface area contributed by atoms with Gasteiger partial charge in [0.25, 0.3) is 0 Å². The molecule has 0 amide bonds. The molecule has 0 radical (unpaired) electrons. The fourth-order valence-electron chi connectivity index (χ4n) is 0.261. The lowest BCUT2D eigenvalue weighted by atomic mass is 10.5. The zero-order valence-corrected chi connectivity index (χ0v) is 5.73. The van der Waals surface area contributed by atoms with Gasteiger partial charge in [-0.1, -0.05) is 12.8 Å². The standard InChI is InChI=1S/C7H10O2/c1-3-4-5-9-6-7(2)8/h3,6H2,1-2H3. The molecular weight excluding hydrogens is 116 g/mol. The third kappa shape index (κ3) is 7.03. The van der Waals surface area contributed by atoms with Crippen molar-refractivity contribution < 1.29 is 9.53 Å². The maximum Gasteiger partial charge on any atom is 0.168 e. The molecule has 0 aliphatic carbocycles. The molecule has 0 atom stereocenters. The Bertz CT molecular complexity index is 139. The van der Waals surface area contributed by atoms with Crippen molar-refractivity contribution in [2.45, 2.75) is 20.3 Å². The van der Waals surface area contributed by atoms with Gasteiger partial charge in [0.15, 0.2) is 12.4 Å². The first kappa shape index (κ1) is 8.03. The lowest BCUT2D eigenvalue weighted by Gasteiger charge is -1.87. The summed E-state index contributed by atoms with van der Waals surface area (Å²) in [5.74, 6) is 2.68. The van der Waals surface area contributed by atoms with Crippen LogP contribution < -0.4 is 0 Å². The predicted octanol–water partition coefficient (Wildman–Crippen LogP) is 0.963. The molecule has 0 fully saturated rings. The molecule has 0 spiro atoms. The number of carbonyl (C=O) groups is 1. The molecule has 0 rings (SSSR count). The zero-order chi connectivity index (χ0) is 7.11. The number of ether oxygens (including phenoxy) is 1. The molecule has 0 aromatic rings. The van der Waals surface area contributed by atoms with Gasteiger partial charge in [0.05, 0.1) is 0 Å². The Kier molecular flexibility index (Phi) is 4.61. The van der Waals surface area contributed by atoms with E-state index in [-0.39, 0.29) is 12.4 Å². The molecule has 9 heavy (non-hydrogen) atoms. The highest BCUT2D eigenvalue weighted by atomic mass is 16.5. The SMILES string of the molecule is CCC#COCC(C)=O. The predicted molar refractivity (Wildman–Crippen MR) is 34.7 cm³/mol. The van der Waals surface area contributed by atoms with Gasteiger partial charge in [-0.2, -0.15) is 0 Å². The Hall–Kier alpha value is -0.970. The summed E-state index contributed by atoms with van der Waals surface area (Å²) in [6.45, 7) is 3.49. The molecule has 0 aromatic heterocycles. The van der Waals surface area contributed by atoms with Crippen LogP contribution >= 0.6 is 0 Å². The van der Waals surface area contributed by atoms with Crippen molar-refractivity contribution >= 4 is 5.78 Å². The van der Waals surface area contributed by atoms with Gasteiger partial charge in [-0.05, 0) is 6.92 Å². The summed E-state index contributed by atoms with van der Waals surface area (Å²) in [7, 11) is 0. The van der Waals surface area contributed by atoms with Crippen molar-refractivity contribution in [1.82, 2.24) is 0 Å². The van der Waals surface area contributed by atoms with E-state index in [0.29, 0.717) is 0 Å².